The molecule has 1 aromatic heterocycles. The molecule has 1 aliphatic heterocycles. The first kappa shape index (κ1) is 19.0. The normalized spacial score (nSPS) is 14.1. The number of rotatable bonds is 6. The van der Waals surface area contributed by atoms with Crippen LogP contribution in [0.2, 0.25) is 0 Å². The molecule has 4 rings (SSSR count). The van der Waals surface area contributed by atoms with Gasteiger partial charge < -0.3 is 10.1 Å². The summed E-state index contributed by atoms with van der Waals surface area (Å²) >= 11 is 1.43. The van der Waals surface area contributed by atoms with Crippen LogP contribution in [0.25, 0.3) is 5.57 Å². The third kappa shape index (κ3) is 3.79. The van der Waals surface area contributed by atoms with Crippen molar-refractivity contribution in [3.8, 4) is 5.75 Å². The lowest BCUT2D eigenvalue weighted by molar-refractivity contribution is -0.120. The summed E-state index contributed by atoms with van der Waals surface area (Å²) in [6, 6.07) is 20.1. The van der Waals surface area contributed by atoms with Crippen molar-refractivity contribution in [3.63, 3.8) is 0 Å². The van der Waals surface area contributed by atoms with Crippen molar-refractivity contribution in [2.24, 2.45) is 0 Å². The summed E-state index contributed by atoms with van der Waals surface area (Å²) in [6.45, 7) is 3.89. The van der Waals surface area contributed by atoms with Crippen LogP contribution in [0.1, 0.15) is 18.7 Å². The number of thiophene rings is 1. The van der Waals surface area contributed by atoms with Crippen molar-refractivity contribution in [2.75, 3.05) is 10.2 Å². The highest BCUT2D eigenvalue weighted by Gasteiger charge is 2.40. The summed E-state index contributed by atoms with van der Waals surface area (Å²) in [7, 11) is 0. The molecule has 146 valence electrons. The third-order valence-electron chi connectivity index (χ3n) is 4.36. The lowest BCUT2D eigenvalue weighted by Crippen LogP contribution is -2.32. The van der Waals surface area contributed by atoms with Gasteiger partial charge in [-0.2, -0.15) is 0 Å². The molecule has 0 saturated heterocycles. The average molecular weight is 404 g/mol. The number of amides is 2. The number of carbonyl (C=O) groups is 2. The first-order chi connectivity index (χ1) is 14.0. The number of benzene rings is 2. The van der Waals surface area contributed by atoms with E-state index in [-0.39, 0.29) is 23.6 Å². The molecule has 0 atom stereocenters. The molecule has 0 saturated carbocycles. The van der Waals surface area contributed by atoms with Crippen molar-refractivity contribution < 1.29 is 14.3 Å². The number of ether oxygens (including phenoxy) is 1. The summed E-state index contributed by atoms with van der Waals surface area (Å²) in [5, 5.41) is 5.04. The zero-order valence-electron chi connectivity index (χ0n) is 16.1. The van der Waals surface area contributed by atoms with Crippen LogP contribution in [0.5, 0.6) is 5.75 Å². The molecule has 5 nitrogen and oxygen atoms in total. The van der Waals surface area contributed by atoms with E-state index < -0.39 is 0 Å². The lowest BCUT2D eigenvalue weighted by atomic mass is 10.2. The number of nitrogens with one attached hydrogen (secondary N) is 1. The van der Waals surface area contributed by atoms with E-state index in [9.17, 15) is 9.59 Å². The summed E-state index contributed by atoms with van der Waals surface area (Å²) in [6.07, 6.45) is 0.0460. The van der Waals surface area contributed by atoms with Crippen LogP contribution >= 0.6 is 11.3 Å². The second kappa shape index (κ2) is 7.93. The number of hydrogen-bond donors (Lipinski definition) is 1. The summed E-state index contributed by atoms with van der Waals surface area (Å²) in [5.74, 6) is -0.0230. The van der Waals surface area contributed by atoms with Crippen molar-refractivity contribution in [2.45, 2.75) is 20.0 Å². The van der Waals surface area contributed by atoms with Crippen molar-refractivity contribution >= 4 is 40.1 Å². The van der Waals surface area contributed by atoms with E-state index in [1.54, 1.807) is 24.3 Å². The standard InChI is InChI=1S/C23H20N2O3S/c1-15(2)28-18-12-10-17(11-13-18)25-22(26)20(19-9-6-14-29-19)21(23(25)27)24-16-7-4-3-5-8-16/h3-15,24H,1-2H3. The van der Waals surface area contributed by atoms with Gasteiger partial charge in [0.2, 0.25) is 0 Å². The maximum atomic E-state index is 13.3. The van der Waals surface area contributed by atoms with Gasteiger partial charge in [-0.15, -0.1) is 11.3 Å². The predicted octanol–water partition coefficient (Wildman–Crippen LogP) is 4.93. The topological polar surface area (TPSA) is 58.6 Å². The van der Waals surface area contributed by atoms with Gasteiger partial charge in [-0.3, -0.25) is 9.59 Å². The Bertz CT molecular complexity index is 1060. The molecule has 29 heavy (non-hydrogen) atoms. The average Bonchev–Trinajstić information content (AvgIpc) is 3.30. The molecular formula is C23H20N2O3S. The SMILES string of the molecule is CC(C)Oc1ccc(N2C(=O)C(Nc3ccccc3)=C(c3cccs3)C2=O)cc1. The van der Waals surface area contributed by atoms with Crippen LogP contribution in [0, 0.1) is 0 Å². The van der Waals surface area contributed by atoms with E-state index in [0.29, 0.717) is 17.0 Å². The molecule has 0 unspecified atom stereocenters. The number of anilines is 2. The first-order valence-corrected chi connectivity index (χ1v) is 10.2. The van der Waals surface area contributed by atoms with Crippen LogP contribution in [0.15, 0.2) is 77.8 Å². The van der Waals surface area contributed by atoms with Gasteiger partial charge in [0.25, 0.3) is 11.8 Å². The Kier molecular flexibility index (Phi) is 5.18. The van der Waals surface area contributed by atoms with Crippen LogP contribution in [-0.2, 0) is 9.59 Å². The smallest absolute Gasteiger partial charge is 0.282 e. The Labute approximate surface area is 173 Å². The zero-order valence-corrected chi connectivity index (χ0v) is 16.9. The number of imide groups is 1. The van der Waals surface area contributed by atoms with Gasteiger partial charge in [-0.05, 0) is 61.7 Å². The quantitative estimate of drug-likeness (QED) is 0.592. The molecule has 0 bridgehead atoms. The first-order valence-electron chi connectivity index (χ1n) is 9.30. The van der Waals surface area contributed by atoms with E-state index in [2.05, 4.69) is 5.32 Å². The zero-order chi connectivity index (χ0) is 20.4. The highest BCUT2D eigenvalue weighted by molar-refractivity contribution is 7.11. The minimum atomic E-state index is -0.375. The molecule has 1 N–H and O–H groups in total. The van der Waals surface area contributed by atoms with E-state index >= 15 is 0 Å². The molecule has 0 radical (unpaired) electrons. The molecule has 6 heteroatoms. The minimum absolute atomic E-state index is 0.0460. The second-order valence-electron chi connectivity index (χ2n) is 6.82. The molecule has 1 aliphatic rings. The maximum absolute atomic E-state index is 13.3. The highest BCUT2D eigenvalue weighted by atomic mass is 32.1. The molecule has 0 fully saturated rings. The Morgan fingerprint density at radius 1 is 0.897 bits per heavy atom. The Morgan fingerprint density at radius 2 is 1.62 bits per heavy atom. The van der Waals surface area contributed by atoms with Crippen molar-refractivity contribution in [1.29, 1.82) is 0 Å². The van der Waals surface area contributed by atoms with Crippen LogP contribution < -0.4 is 15.0 Å². The number of hydrogen-bond acceptors (Lipinski definition) is 5. The summed E-state index contributed by atoms with van der Waals surface area (Å²) in [5.41, 5.74) is 1.93. The van der Waals surface area contributed by atoms with Crippen LogP contribution in [-0.4, -0.2) is 17.9 Å². The fourth-order valence-corrected chi connectivity index (χ4v) is 3.91. The second-order valence-corrected chi connectivity index (χ2v) is 7.77. The predicted molar refractivity (Wildman–Crippen MR) is 116 cm³/mol. The van der Waals surface area contributed by atoms with Crippen molar-refractivity contribution in [3.05, 3.63) is 82.7 Å². The fourth-order valence-electron chi connectivity index (χ4n) is 3.14. The fraction of sp³-hybridized carbons (Fsp3) is 0.130. The molecule has 2 aromatic carbocycles. The van der Waals surface area contributed by atoms with Gasteiger partial charge in [-0.1, -0.05) is 24.3 Å². The number of para-hydroxylation sites is 1. The number of carbonyl (C=O) groups excluding carboxylic acids is 2. The largest absolute Gasteiger partial charge is 0.491 e. The Hall–Kier alpha value is -3.38. The van der Waals surface area contributed by atoms with E-state index in [4.69, 9.17) is 4.74 Å². The van der Waals surface area contributed by atoms with Crippen LogP contribution in [0.4, 0.5) is 11.4 Å². The van der Waals surface area contributed by atoms with Gasteiger partial charge in [0.1, 0.15) is 11.4 Å². The van der Waals surface area contributed by atoms with E-state index in [0.717, 1.165) is 10.6 Å². The van der Waals surface area contributed by atoms with E-state index in [1.807, 2.05) is 61.7 Å². The lowest BCUT2D eigenvalue weighted by Gasteiger charge is -2.16. The maximum Gasteiger partial charge on any atom is 0.282 e. The highest BCUT2D eigenvalue weighted by Crippen LogP contribution is 2.36. The molecule has 2 heterocycles. The molecule has 0 aliphatic carbocycles. The monoisotopic (exact) mass is 404 g/mol. The van der Waals surface area contributed by atoms with Gasteiger partial charge >= 0.3 is 0 Å². The van der Waals surface area contributed by atoms with Crippen LogP contribution in [0.3, 0.4) is 0 Å². The number of nitrogens with zero attached hydrogens (tertiary/aromatic N) is 1. The summed E-state index contributed by atoms with van der Waals surface area (Å²) in [4.78, 5) is 28.5. The molecule has 2 amide bonds. The minimum Gasteiger partial charge on any atom is -0.491 e. The third-order valence-corrected chi connectivity index (χ3v) is 5.25. The summed E-state index contributed by atoms with van der Waals surface area (Å²) < 4.78 is 5.66. The molecular weight excluding hydrogens is 384 g/mol. The molecule has 3 aromatic rings. The van der Waals surface area contributed by atoms with Gasteiger partial charge in [0, 0.05) is 10.6 Å². The Morgan fingerprint density at radius 3 is 2.24 bits per heavy atom. The molecule has 0 spiro atoms. The Balaban J connectivity index is 1.70. The van der Waals surface area contributed by atoms with Crippen molar-refractivity contribution in [1.82, 2.24) is 0 Å². The van der Waals surface area contributed by atoms with E-state index in [1.165, 1.54) is 16.2 Å². The van der Waals surface area contributed by atoms with Gasteiger partial charge in [0.15, 0.2) is 0 Å². The van der Waals surface area contributed by atoms with Gasteiger partial charge in [-0.25, -0.2) is 4.90 Å². The van der Waals surface area contributed by atoms with Gasteiger partial charge in [0.05, 0.1) is 17.4 Å².